The van der Waals surface area contributed by atoms with Gasteiger partial charge in [0.1, 0.15) is 10.6 Å². The molecule has 0 radical (unpaired) electrons. The van der Waals surface area contributed by atoms with Gasteiger partial charge in [-0.3, -0.25) is 0 Å². The first kappa shape index (κ1) is 13.9. The topological polar surface area (TPSA) is 41.1 Å². The zero-order chi connectivity index (χ0) is 14.2. The summed E-state index contributed by atoms with van der Waals surface area (Å²) < 4.78 is 0.362. The minimum atomic E-state index is 0.362. The van der Waals surface area contributed by atoms with Crippen LogP contribution in [0.3, 0.4) is 0 Å². The van der Waals surface area contributed by atoms with Crippen LogP contribution in [0.5, 0.6) is 0 Å². The smallest absolute Gasteiger partial charge is 0.225 e. The molecule has 1 aliphatic heterocycles. The van der Waals surface area contributed by atoms with E-state index >= 15 is 0 Å². The summed E-state index contributed by atoms with van der Waals surface area (Å²) in [5.74, 6) is 2.95. The minimum absolute atomic E-state index is 0.362. The number of nitrogens with one attached hydrogen (secondary N) is 1. The van der Waals surface area contributed by atoms with Gasteiger partial charge >= 0.3 is 0 Å². The zero-order valence-corrected chi connectivity index (χ0v) is 13.8. The number of hydrogen-bond acceptors (Lipinski definition) is 6. The van der Waals surface area contributed by atoms with E-state index in [-0.39, 0.29) is 0 Å². The van der Waals surface area contributed by atoms with Gasteiger partial charge < -0.3 is 10.2 Å². The number of fused-ring (bicyclic) bond motifs is 1. The molecule has 0 aromatic carbocycles. The Kier molecular flexibility index (Phi) is 3.77. The highest BCUT2D eigenvalue weighted by atomic mass is 32.2. The van der Waals surface area contributed by atoms with E-state index < -0.39 is 0 Å². The molecular formula is C14H20N4S2. The molecule has 0 aliphatic carbocycles. The van der Waals surface area contributed by atoms with Crippen LogP contribution >= 0.6 is 23.1 Å². The van der Waals surface area contributed by atoms with Crippen LogP contribution in [0, 0.1) is 0 Å². The van der Waals surface area contributed by atoms with E-state index in [1.54, 1.807) is 11.3 Å². The first-order valence-corrected chi connectivity index (χ1v) is 8.77. The largest absolute Gasteiger partial charge is 0.357 e. The first-order valence-electron chi connectivity index (χ1n) is 6.91. The number of anilines is 2. The summed E-state index contributed by atoms with van der Waals surface area (Å²) in [6.07, 6.45) is 1.18. The van der Waals surface area contributed by atoms with E-state index in [2.05, 4.69) is 52.3 Å². The molecule has 0 spiro atoms. The molecule has 1 N–H and O–H groups in total. The second-order valence-electron chi connectivity index (χ2n) is 5.61. The second-order valence-corrected chi connectivity index (χ2v) is 8.30. The summed E-state index contributed by atoms with van der Waals surface area (Å²) in [6, 6.07) is 2.14. The van der Waals surface area contributed by atoms with Crippen molar-refractivity contribution < 1.29 is 0 Å². The maximum absolute atomic E-state index is 4.71. The van der Waals surface area contributed by atoms with Crippen molar-refractivity contribution in [2.24, 2.45) is 0 Å². The van der Waals surface area contributed by atoms with Crippen LogP contribution in [-0.4, -0.2) is 40.6 Å². The molecule has 0 unspecified atom stereocenters. The Morgan fingerprint density at radius 2 is 2.15 bits per heavy atom. The van der Waals surface area contributed by atoms with Crippen molar-refractivity contribution in [3.63, 3.8) is 0 Å². The fraction of sp³-hybridized carbons (Fsp3) is 0.571. The average molecular weight is 308 g/mol. The van der Waals surface area contributed by atoms with Crippen molar-refractivity contribution in [2.45, 2.75) is 25.0 Å². The molecule has 108 valence electrons. The number of aromatic nitrogens is 2. The third-order valence-electron chi connectivity index (χ3n) is 3.67. The standard InChI is InChI=1S/C14H20N4S2/c1-14(2)5-6-18(7-9-20-14)11-10-4-8-19-12(10)17-13(15-3)16-11/h4,8H,5-7,9H2,1-3H3,(H,15,16,17). The monoisotopic (exact) mass is 308 g/mol. The van der Waals surface area contributed by atoms with Gasteiger partial charge in [-0.2, -0.15) is 16.7 Å². The summed E-state index contributed by atoms with van der Waals surface area (Å²) in [7, 11) is 1.87. The summed E-state index contributed by atoms with van der Waals surface area (Å²) in [6.45, 7) is 6.78. The van der Waals surface area contributed by atoms with Crippen molar-refractivity contribution in [3.05, 3.63) is 11.4 Å². The molecule has 1 aliphatic rings. The van der Waals surface area contributed by atoms with Gasteiger partial charge in [0, 0.05) is 30.6 Å². The lowest BCUT2D eigenvalue weighted by Crippen LogP contribution is -2.28. The van der Waals surface area contributed by atoms with E-state index in [1.165, 1.54) is 11.8 Å². The summed E-state index contributed by atoms with van der Waals surface area (Å²) in [5, 5.41) is 6.35. The van der Waals surface area contributed by atoms with Crippen molar-refractivity contribution in [1.29, 1.82) is 0 Å². The van der Waals surface area contributed by atoms with Gasteiger partial charge in [-0.05, 0) is 17.9 Å². The SMILES string of the molecule is CNc1nc(N2CCSC(C)(C)CC2)c2ccsc2n1. The lowest BCUT2D eigenvalue weighted by atomic mass is 10.1. The third kappa shape index (κ3) is 2.72. The van der Waals surface area contributed by atoms with Crippen molar-refractivity contribution in [1.82, 2.24) is 9.97 Å². The lowest BCUT2D eigenvalue weighted by Gasteiger charge is -2.24. The molecule has 2 aromatic heterocycles. The Balaban J connectivity index is 1.98. The fourth-order valence-electron chi connectivity index (χ4n) is 2.42. The number of thiophene rings is 1. The molecule has 3 heterocycles. The van der Waals surface area contributed by atoms with E-state index in [4.69, 9.17) is 4.98 Å². The Morgan fingerprint density at radius 3 is 2.95 bits per heavy atom. The highest BCUT2D eigenvalue weighted by Crippen LogP contribution is 2.35. The van der Waals surface area contributed by atoms with Crippen molar-refractivity contribution in [2.75, 3.05) is 36.1 Å². The van der Waals surface area contributed by atoms with Gasteiger partial charge in [-0.1, -0.05) is 13.8 Å². The Hall–Kier alpha value is -1.01. The van der Waals surface area contributed by atoms with Crippen LogP contribution in [-0.2, 0) is 0 Å². The van der Waals surface area contributed by atoms with Gasteiger partial charge in [-0.25, -0.2) is 4.98 Å². The Bertz CT molecular complexity index is 608. The van der Waals surface area contributed by atoms with Crippen molar-refractivity contribution >= 4 is 45.1 Å². The highest BCUT2D eigenvalue weighted by molar-refractivity contribution is 8.00. The maximum Gasteiger partial charge on any atom is 0.225 e. The third-order valence-corrected chi connectivity index (χ3v) is 5.84. The zero-order valence-electron chi connectivity index (χ0n) is 12.1. The average Bonchev–Trinajstić information content (AvgIpc) is 2.82. The molecule has 0 amide bonds. The number of thioether (sulfide) groups is 1. The molecular weight excluding hydrogens is 288 g/mol. The van der Waals surface area contributed by atoms with Gasteiger partial charge in [0.05, 0.1) is 5.39 Å². The molecule has 0 bridgehead atoms. The van der Waals surface area contributed by atoms with Crippen LogP contribution in [0.4, 0.5) is 11.8 Å². The van der Waals surface area contributed by atoms with Crippen LogP contribution in [0.15, 0.2) is 11.4 Å². The molecule has 2 aromatic rings. The number of rotatable bonds is 2. The van der Waals surface area contributed by atoms with Crippen molar-refractivity contribution in [3.8, 4) is 0 Å². The normalized spacial score (nSPS) is 19.1. The molecule has 20 heavy (non-hydrogen) atoms. The molecule has 1 fully saturated rings. The molecule has 3 rings (SSSR count). The Morgan fingerprint density at radius 1 is 1.30 bits per heavy atom. The van der Waals surface area contributed by atoms with Gasteiger partial charge in [-0.15, -0.1) is 11.3 Å². The highest BCUT2D eigenvalue weighted by Gasteiger charge is 2.25. The molecule has 0 atom stereocenters. The van der Waals surface area contributed by atoms with Crippen LogP contribution in [0.1, 0.15) is 20.3 Å². The maximum atomic E-state index is 4.71. The fourth-order valence-corrected chi connectivity index (χ4v) is 4.28. The number of nitrogens with zero attached hydrogens (tertiary/aromatic N) is 3. The van der Waals surface area contributed by atoms with Crippen LogP contribution in [0.25, 0.3) is 10.2 Å². The first-order chi connectivity index (χ1) is 9.59. The second kappa shape index (κ2) is 5.41. The van der Waals surface area contributed by atoms with E-state index in [9.17, 15) is 0 Å². The molecule has 4 nitrogen and oxygen atoms in total. The van der Waals surface area contributed by atoms with Crippen LogP contribution in [0.2, 0.25) is 0 Å². The van der Waals surface area contributed by atoms with Gasteiger partial charge in [0.15, 0.2) is 0 Å². The quantitative estimate of drug-likeness (QED) is 0.920. The molecule has 0 saturated carbocycles. The summed E-state index contributed by atoms with van der Waals surface area (Å²) >= 11 is 3.74. The summed E-state index contributed by atoms with van der Waals surface area (Å²) in [4.78, 5) is 12.7. The van der Waals surface area contributed by atoms with E-state index in [0.717, 1.165) is 29.5 Å². The Labute approximate surface area is 128 Å². The predicted molar refractivity (Wildman–Crippen MR) is 90.3 cm³/mol. The molecule has 6 heteroatoms. The lowest BCUT2D eigenvalue weighted by molar-refractivity contribution is 0.636. The van der Waals surface area contributed by atoms with Gasteiger partial charge in [0.2, 0.25) is 5.95 Å². The van der Waals surface area contributed by atoms with Gasteiger partial charge in [0.25, 0.3) is 0 Å². The van der Waals surface area contributed by atoms with E-state index in [0.29, 0.717) is 10.7 Å². The predicted octanol–water partition coefficient (Wildman–Crippen LogP) is 3.45. The summed E-state index contributed by atoms with van der Waals surface area (Å²) in [5.41, 5.74) is 0. The minimum Gasteiger partial charge on any atom is -0.357 e. The van der Waals surface area contributed by atoms with E-state index in [1.807, 2.05) is 7.05 Å². The molecule has 1 saturated heterocycles. The van der Waals surface area contributed by atoms with Crippen LogP contribution < -0.4 is 10.2 Å². The number of hydrogen-bond donors (Lipinski definition) is 1.